The van der Waals surface area contributed by atoms with Gasteiger partial charge in [0.25, 0.3) is 5.91 Å². The normalized spacial score (nSPS) is 11.3. The smallest absolute Gasteiger partial charge is 0.417 e. The Morgan fingerprint density at radius 3 is 2.12 bits per heavy atom. The molecule has 0 saturated heterocycles. The molecule has 0 aromatic heterocycles. The largest absolute Gasteiger partial charge is 0.452 e. The Hall–Kier alpha value is -2.92. The van der Waals surface area contributed by atoms with Crippen LogP contribution >= 0.6 is 11.6 Å². The van der Waals surface area contributed by atoms with Gasteiger partial charge in [0.1, 0.15) is 0 Å². The van der Waals surface area contributed by atoms with Gasteiger partial charge in [0, 0.05) is 16.2 Å². The number of Topliss-reactive ketones (excluding diaryl/α,β-unsaturated/α-hetero) is 1. The second-order valence-corrected chi connectivity index (χ2v) is 5.98. The van der Waals surface area contributed by atoms with Crippen LogP contribution in [-0.2, 0) is 9.53 Å². The lowest BCUT2D eigenvalue weighted by atomic mass is 9.95. The van der Waals surface area contributed by atoms with Crippen LogP contribution in [0.4, 0.5) is 4.79 Å². The van der Waals surface area contributed by atoms with E-state index in [-0.39, 0.29) is 16.9 Å². The predicted molar refractivity (Wildman–Crippen MR) is 99.0 cm³/mol. The van der Waals surface area contributed by atoms with Gasteiger partial charge in [-0.2, -0.15) is 0 Å². The summed E-state index contributed by atoms with van der Waals surface area (Å²) in [7, 11) is 1.17. The average Bonchev–Trinajstić information content (AvgIpc) is 2.66. The Morgan fingerprint density at radius 2 is 1.62 bits per heavy atom. The van der Waals surface area contributed by atoms with Crippen molar-refractivity contribution >= 4 is 29.4 Å². The Balaban J connectivity index is 2.60. The molecule has 2 rings (SSSR count). The van der Waals surface area contributed by atoms with Gasteiger partial charge in [-0.3, -0.25) is 9.59 Å². The number of amides is 2. The number of halogens is 1. The zero-order valence-corrected chi connectivity index (χ0v) is 15.2. The van der Waals surface area contributed by atoms with Crippen molar-refractivity contribution in [2.45, 2.75) is 13.0 Å². The fraction of sp³-hybridized carbons (Fsp3) is 0.150. The van der Waals surface area contributed by atoms with E-state index >= 15 is 0 Å². The topological polar surface area (TPSA) is 63.7 Å². The predicted octanol–water partition coefficient (Wildman–Crippen LogP) is 4.44. The highest BCUT2D eigenvalue weighted by Crippen LogP contribution is 2.31. The summed E-state index contributed by atoms with van der Waals surface area (Å²) in [5, 5.41) is 0.486. The quantitative estimate of drug-likeness (QED) is 0.729. The molecule has 26 heavy (non-hydrogen) atoms. The number of methoxy groups -OCH3 is 1. The maximum Gasteiger partial charge on any atom is 0.417 e. The molecule has 0 spiro atoms. The van der Waals surface area contributed by atoms with Gasteiger partial charge in [-0.25, -0.2) is 9.69 Å². The molecule has 0 heterocycles. The molecule has 2 amide bonds. The second kappa shape index (κ2) is 8.45. The van der Waals surface area contributed by atoms with Crippen LogP contribution in [-0.4, -0.2) is 29.8 Å². The molecule has 0 bridgehead atoms. The van der Waals surface area contributed by atoms with Gasteiger partial charge in [0.05, 0.1) is 13.2 Å². The molecule has 5 nitrogen and oxygen atoms in total. The van der Waals surface area contributed by atoms with Crippen LogP contribution in [0.3, 0.4) is 0 Å². The number of carbonyl (C=O) groups excluding carboxylic acids is 3. The highest BCUT2D eigenvalue weighted by atomic mass is 35.5. The first kappa shape index (κ1) is 19.4. The average molecular weight is 372 g/mol. The Morgan fingerprint density at radius 1 is 1.04 bits per heavy atom. The van der Waals surface area contributed by atoms with Crippen LogP contribution in [0.1, 0.15) is 28.9 Å². The van der Waals surface area contributed by atoms with E-state index in [4.69, 9.17) is 16.3 Å². The molecular weight excluding hydrogens is 354 g/mol. The second-order valence-electron chi connectivity index (χ2n) is 5.55. The third-order valence-electron chi connectivity index (χ3n) is 3.84. The van der Waals surface area contributed by atoms with Crippen molar-refractivity contribution in [1.82, 2.24) is 4.90 Å². The van der Waals surface area contributed by atoms with Gasteiger partial charge in [-0.15, -0.1) is 0 Å². The maximum atomic E-state index is 13.0. The molecule has 134 valence electrons. The van der Waals surface area contributed by atoms with Crippen molar-refractivity contribution < 1.29 is 19.1 Å². The minimum absolute atomic E-state index is 0.0852. The zero-order valence-electron chi connectivity index (χ0n) is 14.4. The highest BCUT2D eigenvalue weighted by molar-refractivity contribution is 6.30. The molecule has 0 aliphatic carbocycles. The summed E-state index contributed by atoms with van der Waals surface area (Å²) < 4.78 is 4.80. The van der Waals surface area contributed by atoms with Gasteiger partial charge in [-0.05, 0) is 36.8 Å². The first-order valence-electron chi connectivity index (χ1n) is 7.78. The van der Waals surface area contributed by atoms with Gasteiger partial charge in [-0.1, -0.05) is 48.5 Å². The highest BCUT2D eigenvalue weighted by Gasteiger charge is 2.35. The van der Waals surface area contributed by atoms with Crippen molar-refractivity contribution in [3.8, 4) is 0 Å². The molecule has 0 radical (unpaired) electrons. The lowest BCUT2D eigenvalue weighted by Crippen LogP contribution is -2.41. The molecule has 1 unspecified atom stereocenters. The monoisotopic (exact) mass is 371 g/mol. The molecule has 6 heteroatoms. The van der Waals surface area contributed by atoms with Gasteiger partial charge >= 0.3 is 6.09 Å². The molecule has 0 fully saturated rings. The SMILES string of the molecule is C=C(C(C)=O)C(c1ccc(Cl)cc1)N(C(=O)OC)C(=O)c1ccccc1. The molecule has 0 aliphatic rings. The third kappa shape index (κ3) is 4.18. The summed E-state index contributed by atoms with van der Waals surface area (Å²) in [5.74, 6) is -0.945. The van der Waals surface area contributed by atoms with E-state index in [1.54, 1.807) is 54.6 Å². The van der Waals surface area contributed by atoms with Crippen molar-refractivity contribution in [1.29, 1.82) is 0 Å². The zero-order chi connectivity index (χ0) is 19.3. The van der Waals surface area contributed by atoms with Crippen LogP contribution < -0.4 is 0 Å². The van der Waals surface area contributed by atoms with Gasteiger partial charge < -0.3 is 4.74 Å². The van der Waals surface area contributed by atoms with Crippen molar-refractivity contribution in [3.05, 3.63) is 82.9 Å². The molecule has 0 aliphatic heterocycles. The van der Waals surface area contributed by atoms with E-state index in [2.05, 4.69) is 6.58 Å². The van der Waals surface area contributed by atoms with Crippen LogP contribution in [0, 0.1) is 0 Å². The summed E-state index contributed by atoms with van der Waals surface area (Å²) in [6.45, 7) is 5.11. The number of ether oxygens (including phenoxy) is 1. The number of benzene rings is 2. The lowest BCUT2D eigenvalue weighted by molar-refractivity contribution is -0.114. The summed E-state index contributed by atoms with van der Waals surface area (Å²) in [6, 6.07) is 13.8. The van der Waals surface area contributed by atoms with Crippen LogP contribution in [0.5, 0.6) is 0 Å². The van der Waals surface area contributed by atoms with Crippen molar-refractivity contribution in [2.24, 2.45) is 0 Å². The van der Waals surface area contributed by atoms with Crippen molar-refractivity contribution in [3.63, 3.8) is 0 Å². The number of imide groups is 1. The van der Waals surface area contributed by atoms with Gasteiger partial charge in [0.2, 0.25) is 0 Å². The Kier molecular flexibility index (Phi) is 6.31. The molecule has 0 saturated carbocycles. The Labute approximate surface area is 156 Å². The number of hydrogen-bond donors (Lipinski definition) is 0. The van der Waals surface area contributed by atoms with E-state index < -0.39 is 18.0 Å². The van der Waals surface area contributed by atoms with Crippen molar-refractivity contribution in [2.75, 3.05) is 7.11 Å². The van der Waals surface area contributed by atoms with E-state index in [1.165, 1.54) is 14.0 Å². The minimum Gasteiger partial charge on any atom is -0.452 e. The fourth-order valence-corrected chi connectivity index (χ4v) is 2.59. The van der Waals surface area contributed by atoms with E-state index in [0.29, 0.717) is 10.6 Å². The molecule has 1 atom stereocenters. The van der Waals surface area contributed by atoms with E-state index in [0.717, 1.165) is 4.90 Å². The Bertz CT molecular complexity index is 831. The van der Waals surface area contributed by atoms with Gasteiger partial charge in [0.15, 0.2) is 5.78 Å². The first-order valence-corrected chi connectivity index (χ1v) is 8.16. The molecule has 0 N–H and O–H groups in total. The lowest BCUT2D eigenvalue weighted by Gasteiger charge is -2.30. The van der Waals surface area contributed by atoms with E-state index in [1.807, 2.05) is 0 Å². The summed E-state index contributed by atoms with van der Waals surface area (Å²) in [5.41, 5.74) is 0.888. The molecule has 2 aromatic carbocycles. The van der Waals surface area contributed by atoms with Crippen LogP contribution in [0.25, 0.3) is 0 Å². The van der Waals surface area contributed by atoms with Crippen LogP contribution in [0.15, 0.2) is 66.7 Å². The molecule has 2 aromatic rings. The molecular formula is C20H18ClNO4. The summed E-state index contributed by atoms with van der Waals surface area (Å²) in [4.78, 5) is 38.3. The van der Waals surface area contributed by atoms with Crippen LogP contribution in [0.2, 0.25) is 5.02 Å². The maximum absolute atomic E-state index is 13.0. The number of nitrogens with zero attached hydrogens (tertiary/aromatic N) is 1. The number of carbonyl (C=O) groups is 3. The first-order chi connectivity index (χ1) is 12.4. The standard InChI is InChI=1S/C20H18ClNO4/c1-13(14(2)23)18(15-9-11-17(21)12-10-15)22(20(25)26-3)19(24)16-7-5-4-6-8-16/h4-12,18H,1H2,2-3H3. The fourth-order valence-electron chi connectivity index (χ4n) is 2.47. The van der Waals surface area contributed by atoms with E-state index in [9.17, 15) is 14.4 Å². The summed E-state index contributed by atoms with van der Waals surface area (Å²) >= 11 is 5.92. The summed E-state index contributed by atoms with van der Waals surface area (Å²) in [6.07, 6.45) is -0.888. The number of ketones is 1. The third-order valence-corrected chi connectivity index (χ3v) is 4.09. The number of hydrogen-bond acceptors (Lipinski definition) is 4. The number of rotatable bonds is 5. The minimum atomic E-state index is -1.01.